The standard InChI is InChI=1S/C32H36ClF3N4O/c1-21-19-40(16-13-37-21)22(2)27-18-28(33)29(26-11-6-9-24-8-4-5-10-25(24)26)30(34)31(27)38-23(3)41-17-7-14-39-15-12-32(35,36)20-39/h4-6,8-11,18,21,37H,3,7,12-17,19-20H2,1-2H3/b27-22+,38-31+. The van der Waals surface area contributed by atoms with E-state index < -0.39 is 11.7 Å². The van der Waals surface area contributed by atoms with Crippen molar-refractivity contribution >= 4 is 33.7 Å². The van der Waals surface area contributed by atoms with Crippen molar-refractivity contribution in [2.75, 3.05) is 45.9 Å². The van der Waals surface area contributed by atoms with Crippen molar-refractivity contribution < 1.29 is 17.9 Å². The Morgan fingerprint density at radius 3 is 2.73 bits per heavy atom. The van der Waals surface area contributed by atoms with Gasteiger partial charge in [0.1, 0.15) is 5.71 Å². The van der Waals surface area contributed by atoms with Crippen molar-refractivity contribution in [3.63, 3.8) is 0 Å². The quantitative estimate of drug-likeness (QED) is 0.271. The fourth-order valence-corrected chi connectivity index (χ4v) is 6.02. The lowest BCUT2D eigenvalue weighted by atomic mass is 9.90. The van der Waals surface area contributed by atoms with E-state index in [4.69, 9.17) is 16.3 Å². The third-order valence-electron chi connectivity index (χ3n) is 7.86. The summed E-state index contributed by atoms with van der Waals surface area (Å²) in [4.78, 5) is 8.48. The number of allylic oxidation sites excluding steroid dienone is 6. The molecule has 3 aliphatic rings. The molecule has 0 saturated carbocycles. The first-order valence-corrected chi connectivity index (χ1v) is 14.5. The molecule has 2 fully saturated rings. The summed E-state index contributed by atoms with van der Waals surface area (Å²) in [5.41, 5.74) is 2.51. The Morgan fingerprint density at radius 1 is 1.20 bits per heavy atom. The molecule has 0 bridgehead atoms. The second-order valence-electron chi connectivity index (χ2n) is 10.9. The summed E-state index contributed by atoms with van der Waals surface area (Å²) >= 11 is 6.84. The number of nitrogens with one attached hydrogen (secondary N) is 1. The van der Waals surface area contributed by atoms with Crippen molar-refractivity contribution in [3.8, 4) is 0 Å². The van der Waals surface area contributed by atoms with Crippen molar-refractivity contribution in [2.24, 2.45) is 4.99 Å². The molecule has 0 amide bonds. The fourth-order valence-electron chi connectivity index (χ4n) is 5.72. The summed E-state index contributed by atoms with van der Waals surface area (Å²) in [5.74, 6) is -3.11. The SMILES string of the molecule is C=C(/N=C1/C(F)=C(c2cccc3ccccc23)C(Cl)=C/C1=C(/C)N1CCNC(C)C1)OCCCN1CCC(F)(F)C1. The van der Waals surface area contributed by atoms with Gasteiger partial charge in [-0.1, -0.05) is 54.1 Å². The van der Waals surface area contributed by atoms with Crippen LogP contribution in [0.5, 0.6) is 0 Å². The number of fused-ring (bicyclic) bond motifs is 1. The van der Waals surface area contributed by atoms with Crippen LogP contribution < -0.4 is 5.32 Å². The highest BCUT2D eigenvalue weighted by Crippen LogP contribution is 2.41. The van der Waals surface area contributed by atoms with Crippen molar-refractivity contribution in [1.82, 2.24) is 15.1 Å². The summed E-state index contributed by atoms with van der Waals surface area (Å²) in [6.07, 6.45) is 2.20. The lowest BCUT2D eigenvalue weighted by Gasteiger charge is -2.35. The van der Waals surface area contributed by atoms with Gasteiger partial charge in [-0.3, -0.25) is 4.90 Å². The smallest absolute Gasteiger partial charge is 0.261 e. The predicted molar refractivity (Wildman–Crippen MR) is 161 cm³/mol. The molecule has 218 valence electrons. The van der Waals surface area contributed by atoms with Crippen molar-refractivity contribution in [1.29, 1.82) is 0 Å². The number of ether oxygens (including phenoxy) is 1. The van der Waals surface area contributed by atoms with Gasteiger partial charge in [0.15, 0.2) is 5.83 Å². The number of hydrogen-bond donors (Lipinski definition) is 1. The maximum Gasteiger partial charge on any atom is 0.261 e. The van der Waals surface area contributed by atoms with Gasteiger partial charge in [-0.25, -0.2) is 18.2 Å². The zero-order chi connectivity index (χ0) is 29.1. The third kappa shape index (κ3) is 6.71. The first-order valence-electron chi connectivity index (χ1n) is 14.1. The largest absolute Gasteiger partial charge is 0.478 e. The van der Waals surface area contributed by atoms with Gasteiger partial charge in [0.2, 0.25) is 5.88 Å². The summed E-state index contributed by atoms with van der Waals surface area (Å²) in [6, 6.07) is 13.8. The molecule has 2 heterocycles. The number of hydrogen-bond acceptors (Lipinski definition) is 5. The Hall–Kier alpha value is -3.07. The molecular weight excluding hydrogens is 549 g/mol. The molecule has 41 heavy (non-hydrogen) atoms. The van der Waals surface area contributed by atoms with E-state index in [1.54, 1.807) is 11.0 Å². The highest BCUT2D eigenvalue weighted by atomic mass is 35.5. The summed E-state index contributed by atoms with van der Waals surface area (Å²) < 4.78 is 49.4. The number of benzene rings is 2. The minimum atomic E-state index is -2.62. The van der Waals surface area contributed by atoms with E-state index >= 15 is 4.39 Å². The van der Waals surface area contributed by atoms with E-state index in [-0.39, 0.29) is 42.8 Å². The molecule has 0 aromatic heterocycles. The Morgan fingerprint density at radius 2 is 1.98 bits per heavy atom. The fraction of sp³-hybridized carbons (Fsp3) is 0.406. The normalized spacial score (nSPS) is 23.8. The van der Waals surface area contributed by atoms with Crippen LogP contribution in [0.15, 0.2) is 88.1 Å². The monoisotopic (exact) mass is 584 g/mol. The highest BCUT2D eigenvalue weighted by molar-refractivity contribution is 6.41. The topological polar surface area (TPSA) is 40.1 Å². The number of aliphatic imine (C=N–C) groups is 1. The molecule has 0 spiro atoms. The third-order valence-corrected chi connectivity index (χ3v) is 8.15. The van der Waals surface area contributed by atoms with Crippen LogP contribution in [0.4, 0.5) is 13.2 Å². The minimum absolute atomic E-state index is 0.0598. The second kappa shape index (κ2) is 12.4. The lowest BCUT2D eigenvalue weighted by molar-refractivity contribution is 0.0116. The Kier molecular flexibility index (Phi) is 8.92. The molecule has 1 atom stereocenters. The zero-order valence-corrected chi connectivity index (χ0v) is 24.3. The van der Waals surface area contributed by atoms with Crippen LogP contribution in [-0.2, 0) is 4.74 Å². The lowest BCUT2D eigenvalue weighted by Crippen LogP contribution is -2.48. The van der Waals surface area contributed by atoms with E-state index in [0.717, 1.165) is 36.1 Å². The van der Waals surface area contributed by atoms with Gasteiger partial charge in [0.25, 0.3) is 5.92 Å². The van der Waals surface area contributed by atoms with E-state index in [1.807, 2.05) is 49.4 Å². The molecule has 2 aliphatic heterocycles. The molecule has 0 radical (unpaired) electrons. The van der Waals surface area contributed by atoms with Gasteiger partial charge >= 0.3 is 0 Å². The molecule has 9 heteroatoms. The van der Waals surface area contributed by atoms with Crippen LogP contribution in [0, 0.1) is 0 Å². The second-order valence-corrected chi connectivity index (χ2v) is 11.4. The number of rotatable bonds is 8. The molecule has 5 rings (SSSR count). The van der Waals surface area contributed by atoms with Crippen LogP contribution in [0.1, 0.15) is 32.3 Å². The number of halogens is 4. The number of piperazine rings is 1. The van der Waals surface area contributed by atoms with Gasteiger partial charge in [-0.2, -0.15) is 0 Å². The summed E-state index contributed by atoms with van der Waals surface area (Å²) in [7, 11) is 0. The number of alkyl halides is 2. The highest BCUT2D eigenvalue weighted by Gasteiger charge is 2.37. The molecule has 2 aromatic rings. The molecule has 5 nitrogen and oxygen atoms in total. The number of nitrogens with zero attached hydrogens (tertiary/aromatic N) is 3. The van der Waals surface area contributed by atoms with Crippen molar-refractivity contribution in [2.45, 2.75) is 38.7 Å². The van der Waals surface area contributed by atoms with Gasteiger partial charge in [0.05, 0.1) is 18.2 Å². The van der Waals surface area contributed by atoms with Crippen molar-refractivity contribution in [3.05, 3.63) is 88.7 Å². The van der Waals surface area contributed by atoms with Gasteiger partial charge in [-0.05, 0) is 49.3 Å². The predicted octanol–water partition coefficient (Wildman–Crippen LogP) is 6.88. The van der Waals surface area contributed by atoms with Crippen LogP contribution in [-0.4, -0.2) is 73.4 Å². The average molecular weight is 585 g/mol. The molecular formula is C32H36ClF3N4O. The summed E-state index contributed by atoms with van der Waals surface area (Å²) in [6.45, 7) is 11.2. The Bertz CT molecular complexity index is 1440. The van der Waals surface area contributed by atoms with Crippen LogP contribution in [0.25, 0.3) is 16.3 Å². The van der Waals surface area contributed by atoms with Crippen LogP contribution in [0.2, 0.25) is 0 Å². The molecule has 2 aromatic carbocycles. The van der Waals surface area contributed by atoms with E-state index in [1.165, 1.54) is 0 Å². The van der Waals surface area contributed by atoms with Gasteiger partial charge < -0.3 is 15.0 Å². The molecule has 1 unspecified atom stereocenters. The molecule has 1 aliphatic carbocycles. The van der Waals surface area contributed by atoms with Gasteiger partial charge in [-0.15, -0.1) is 0 Å². The first kappa shape index (κ1) is 29.4. The first-order chi connectivity index (χ1) is 19.6. The zero-order valence-electron chi connectivity index (χ0n) is 23.5. The average Bonchev–Trinajstić information content (AvgIpc) is 3.30. The van der Waals surface area contributed by atoms with E-state index in [9.17, 15) is 8.78 Å². The Labute approximate surface area is 244 Å². The molecule has 2 saturated heterocycles. The van der Waals surface area contributed by atoms with Crippen LogP contribution >= 0.6 is 11.6 Å². The van der Waals surface area contributed by atoms with E-state index in [2.05, 4.69) is 28.7 Å². The summed E-state index contributed by atoms with van der Waals surface area (Å²) in [5, 5.41) is 5.59. The minimum Gasteiger partial charge on any atom is -0.478 e. The maximum atomic E-state index is 16.6. The van der Waals surface area contributed by atoms with Crippen LogP contribution in [0.3, 0.4) is 0 Å². The van der Waals surface area contributed by atoms with Gasteiger partial charge in [0, 0.05) is 62.0 Å². The van der Waals surface area contributed by atoms with E-state index in [0.29, 0.717) is 35.7 Å². The molecule has 1 N–H and O–H groups in total. The Balaban J connectivity index is 1.45. The maximum absolute atomic E-state index is 16.6. The number of likely N-dealkylation sites (tertiary alicyclic amines) is 1.